The van der Waals surface area contributed by atoms with Crippen molar-refractivity contribution in [1.29, 1.82) is 0 Å². The van der Waals surface area contributed by atoms with Gasteiger partial charge in [0.2, 0.25) is 0 Å². The lowest BCUT2D eigenvalue weighted by molar-refractivity contribution is 1.65. The smallest absolute Gasteiger partial charge is 0.00987 e. The molecular weight excluding hydrogens is 384 g/mol. The van der Waals surface area contributed by atoms with Gasteiger partial charge in [-0.2, -0.15) is 0 Å². The Balaban J connectivity index is 1.63. The number of benzene rings is 6. The molecule has 6 aromatic carbocycles. The highest BCUT2D eigenvalue weighted by atomic mass is 14.1. The summed E-state index contributed by atoms with van der Waals surface area (Å²) >= 11 is 0. The fraction of sp³-hybridized carbons (Fsp3) is 0. The lowest BCUT2D eigenvalue weighted by Gasteiger charge is -2.13. The maximum Gasteiger partial charge on any atom is -0.00987 e. The van der Waals surface area contributed by atoms with E-state index in [0.29, 0.717) is 0 Å². The van der Waals surface area contributed by atoms with Gasteiger partial charge >= 0.3 is 0 Å². The van der Waals surface area contributed by atoms with Gasteiger partial charge in [-0.3, -0.25) is 0 Å². The van der Waals surface area contributed by atoms with Crippen LogP contribution >= 0.6 is 0 Å². The van der Waals surface area contributed by atoms with Crippen LogP contribution < -0.4 is 0 Å². The predicted octanol–water partition coefficient (Wildman–Crippen LogP) is 9.25. The molecule has 0 radical (unpaired) electrons. The standard InChI is InChI=1S/C32H22/c1-3-21-10-14-29-27(25(21)4-2)16-18-32-30-15-12-24-20-23(22-8-6-5-7-9-22)11-13-26(24)28(30)17-19-31(29)32/h3-20H,1-2H2. The minimum Gasteiger partial charge on any atom is -0.0984 e. The first kappa shape index (κ1) is 18.6. The van der Waals surface area contributed by atoms with E-state index in [4.69, 9.17) is 0 Å². The molecule has 0 aliphatic carbocycles. The van der Waals surface area contributed by atoms with Crippen molar-refractivity contribution in [3.05, 3.63) is 121 Å². The zero-order chi connectivity index (χ0) is 21.7. The van der Waals surface area contributed by atoms with E-state index in [1.54, 1.807) is 0 Å². The molecule has 0 saturated heterocycles. The van der Waals surface area contributed by atoms with Gasteiger partial charge in [-0.1, -0.05) is 116 Å². The molecule has 0 aliphatic rings. The van der Waals surface area contributed by atoms with E-state index in [-0.39, 0.29) is 0 Å². The van der Waals surface area contributed by atoms with Crippen molar-refractivity contribution in [1.82, 2.24) is 0 Å². The first-order chi connectivity index (χ1) is 15.8. The van der Waals surface area contributed by atoms with Crippen LogP contribution in [0.3, 0.4) is 0 Å². The topological polar surface area (TPSA) is 0 Å². The summed E-state index contributed by atoms with van der Waals surface area (Å²) < 4.78 is 0. The highest BCUT2D eigenvalue weighted by molar-refractivity contribution is 6.23. The Bertz CT molecular complexity index is 1680. The van der Waals surface area contributed by atoms with Crippen LogP contribution in [-0.4, -0.2) is 0 Å². The molecule has 0 fully saturated rings. The van der Waals surface area contributed by atoms with Gasteiger partial charge in [0.05, 0.1) is 0 Å². The minimum atomic E-state index is 1.12. The summed E-state index contributed by atoms with van der Waals surface area (Å²) in [5.41, 5.74) is 4.76. The van der Waals surface area contributed by atoms with Crippen LogP contribution in [0.4, 0.5) is 0 Å². The van der Waals surface area contributed by atoms with Gasteiger partial charge < -0.3 is 0 Å². The van der Waals surface area contributed by atoms with Crippen molar-refractivity contribution in [2.75, 3.05) is 0 Å². The second-order valence-electron chi connectivity index (χ2n) is 8.26. The lowest BCUT2D eigenvalue weighted by Crippen LogP contribution is -1.87. The molecular formula is C32H22. The molecule has 0 aromatic heterocycles. The number of rotatable bonds is 3. The Morgan fingerprint density at radius 2 is 1.00 bits per heavy atom. The zero-order valence-electron chi connectivity index (χ0n) is 17.8. The number of fused-ring (bicyclic) bond motifs is 7. The van der Waals surface area contributed by atoms with Crippen molar-refractivity contribution < 1.29 is 0 Å². The fourth-order valence-electron chi connectivity index (χ4n) is 5.03. The SMILES string of the molecule is C=Cc1ccc2c(ccc3c2ccc2c4ccc(-c5ccccc5)cc4ccc23)c1C=C. The van der Waals surface area contributed by atoms with Crippen LogP contribution in [0.15, 0.2) is 110 Å². The van der Waals surface area contributed by atoms with E-state index in [1.807, 2.05) is 12.2 Å². The third-order valence-electron chi connectivity index (χ3n) is 6.62. The maximum absolute atomic E-state index is 4.03. The van der Waals surface area contributed by atoms with E-state index in [9.17, 15) is 0 Å². The van der Waals surface area contributed by atoms with Gasteiger partial charge in [-0.05, 0) is 71.4 Å². The van der Waals surface area contributed by atoms with Crippen LogP contribution in [0.5, 0.6) is 0 Å². The Hall–Kier alpha value is -4.16. The van der Waals surface area contributed by atoms with Crippen molar-refractivity contribution in [2.24, 2.45) is 0 Å². The van der Waals surface area contributed by atoms with Crippen molar-refractivity contribution in [2.45, 2.75) is 0 Å². The Morgan fingerprint density at radius 1 is 0.438 bits per heavy atom. The highest BCUT2D eigenvalue weighted by Gasteiger charge is 2.10. The number of hydrogen-bond acceptors (Lipinski definition) is 0. The summed E-state index contributed by atoms with van der Waals surface area (Å²) in [5.74, 6) is 0. The van der Waals surface area contributed by atoms with Crippen LogP contribution in [-0.2, 0) is 0 Å². The third kappa shape index (κ3) is 2.70. The predicted molar refractivity (Wildman–Crippen MR) is 142 cm³/mol. The first-order valence-corrected chi connectivity index (χ1v) is 10.9. The summed E-state index contributed by atoms with van der Waals surface area (Å²) in [4.78, 5) is 0. The van der Waals surface area contributed by atoms with Gasteiger partial charge in [-0.15, -0.1) is 0 Å². The van der Waals surface area contributed by atoms with Crippen LogP contribution in [0.25, 0.3) is 66.4 Å². The van der Waals surface area contributed by atoms with E-state index in [0.717, 1.165) is 11.1 Å². The van der Waals surface area contributed by atoms with E-state index < -0.39 is 0 Å². The van der Waals surface area contributed by atoms with Gasteiger partial charge in [0.1, 0.15) is 0 Å². The first-order valence-electron chi connectivity index (χ1n) is 10.9. The second-order valence-corrected chi connectivity index (χ2v) is 8.26. The van der Waals surface area contributed by atoms with E-state index in [1.165, 1.54) is 54.2 Å². The summed E-state index contributed by atoms with van der Waals surface area (Å²) in [6, 6.07) is 35.2. The summed E-state index contributed by atoms with van der Waals surface area (Å²) in [7, 11) is 0. The molecule has 6 rings (SSSR count). The minimum absolute atomic E-state index is 1.12. The van der Waals surface area contributed by atoms with Crippen molar-refractivity contribution in [3.63, 3.8) is 0 Å². The van der Waals surface area contributed by atoms with Crippen LogP contribution in [0.2, 0.25) is 0 Å². The molecule has 0 amide bonds. The van der Waals surface area contributed by atoms with Crippen LogP contribution in [0.1, 0.15) is 11.1 Å². The Morgan fingerprint density at radius 3 is 1.69 bits per heavy atom. The monoisotopic (exact) mass is 406 g/mol. The van der Waals surface area contributed by atoms with Crippen molar-refractivity contribution >= 4 is 55.2 Å². The Labute approximate surface area is 187 Å². The molecule has 0 heteroatoms. The average Bonchev–Trinajstić information content (AvgIpc) is 2.87. The molecule has 0 spiro atoms. The molecule has 0 N–H and O–H groups in total. The molecule has 6 aromatic rings. The summed E-state index contributed by atoms with van der Waals surface area (Å²) in [6.07, 6.45) is 3.83. The van der Waals surface area contributed by atoms with E-state index >= 15 is 0 Å². The molecule has 0 saturated carbocycles. The summed E-state index contributed by atoms with van der Waals surface area (Å²) in [5, 5.41) is 10.2. The molecule has 0 nitrogen and oxygen atoms in total. The van der Waals surface area contributed by atoms with Crippen LogP contribution in [0, 0.1) is 0 Å². The zero-order valence-corrected chi connectivity index (χ0v) is 17.8. The largest absolute Gasteiger partial charge is 0.0984 e. The quantitative estimate of drug-likeness (QED) is 0.257. The molecule has 0 heterocycles. The molecule has 0 unspecified atom stereocenters. The van der Waals surface area contributed by atoms with Gasteiger partial charge in [0, 0.05) is 0 Å². The summed E-state index contributed by atoms with van der Waals surface area (Å²) in [6.45, 7) is 7.99. The maximum atomic E-state index is 4.03. The molecule has 32 heavy (non-hydrogen) atoms. The third-order valence-corrected chi connectivity index (χ3v) is 6.62. The van der Waals surface area contributed by atoms with Gasteiger partial charge in [0.15, 0.2) is 0 Å². The fourth-order valence-corrected chi connectivity index (χ4v) is 5.03. The second kappa shape index (κ2) is 7.21. The van der Waals surface area contributed by atoms with Crippen molar-refractivity contribution in [3.8, 4) is 11.1 Å². The Kier molecular flexibility index (Phi) is 4.19. The molecule has 150 valence electrons. The molecule has 0 aliphatic heterocycles. The van der Waals surface area contributed by atoms with Gasteiger partial charge in [0.25, 0.3) is 0 Å². The van der Waals surface area contributed by atoms with E-state index in [2.05, 4.69) is 110 Å². The lowest BCUT2D eigenvalue weighted by atomic mass is 9.91. The molecule has 0 atom stereocenters. The van der Waals surface area contributed by atoms with Gasteiger partial charge in [-0.25, -0.2) is 0 Å². The molecule has 0 bridgehead atoms. The average molecular weight is 407 g/mol. The number of hydrogen-bond donors (Lipinski definition) is 0. The normalized spacial score (nSPS) is 11.4. The highest BCUT2D eigenvalue weighted by Crippen LogP contribution is 2.37.